The Hall–Kier alpha value is -3.29. The van der Waals surface area contributed by atoms with E-state index in [1.165, 1.54) is 33.5 Å². The lowest BCUT2D eigenvalue weighted by molar-refractivity contribution is -0.116. The van der Waals surface area contributed by atoms with Gasteiger partial charge in [0.1, 0.15) is 5.82 Å². The van der Waals surface area contributed by atoms with Gasteiger partial charge in [-0.2, -0.15) is 0 Å². The number of carbonyl (C=O) groups is 2. The van der Waals surface area contributed by atoms with E-state index < -0.39 is 17.7 Å². The average molecular weight is 377 g/mol. The van der Waals surface area contributed by atoms with Crippen molar-refractivity contribution in [3.05, 3.63) is 47.3 Å². The molecule has 0 aliphatic heterocycles. The van der Waals surface area contributed by atoms with Crippen LogP contribution in [0.4, 0.5) is 10.1 Å². The Kier molecular flexibility index (Phi) is 6.59. The molecule has 27 heavy (non-hydrogen) atoms. The molecule has 0 heterocycles. The number of halogens is 1. The van der Waals surface area contributed by atoms with Gasteiger partial charge in [0.05, 0.1) is 32.6 Å². The SMILES string of the molecule is COc1cc(CCC(=O)Nc2ccc(C(=O)O)cc2F)cc(OC)c1OC. The molecular weight excluding hydrogens is 357 g/mol. The molecule has 0 aliphatic carbocycles. The second-order valence-electron chi connectivity index (χ2n) is 5.58. The van der Waals surface area contributed by atoms with Gasteiger partial charge in [-0.1, -0.05) is 0 Å². The number of amides is 1. The van der Waals surface area contributed by atoms with Crippen molar-refractivity contribution in [1.82, 2.24) is 0 Å². The summed E-state index contributed by atoms with van der Waals surface area (Å²) in [5.41, 5.74) is 0.513. The fraction of sp³-hybridized carbons (Fsp3) is 0.263. The van der Waals surface area contributed by atoms with E-state index in [0.717, 1.165) is 11.6 Å². The lowest BCUT2D eigenvalue weighted by Crippen LogP contribution is -2.14. The Morgan fingerprint density at radius 2 is 1.67 bits per heavy atom. The number of aromatic carboxylic acids is 1. The molecular formula is C19H20FNO6. The Bertz CT molecular complexity index is 827. The van der Waals surface area contributed by atoms with Crippen LogP contribution in [0, 0.1) is 5.82 Å². The quantitative estimate of drug-likeness (QED) is 0.734. The first-order valence-corrected chi connectivity index (χ1v) is 8.01. The van der Waals surface area contributed by atoms with Gasteiger partial charge in [0.2, 0.25) is 11.7 Å². The van der Waals surface area contributed by atoms with E-state index in [-0.39, 0.29) is 17.7 Å². The van der Waals surface area contributed by atoms with E-state index >= 15 is 0 Å². The van der Waals surface area contributed by atoms with Crippen LogP contribution in [0.3, 0.4) is 0 Å². The molecule has 0 aliphatic rings. The third-order valence-corrected chi connectivity index (χ3v) is 3.86. The van der Waals surface area contributed by atoms with Crippen molar-refractivity contribution in [1.29, 1.82) is 0 Å². The Labute approximate surface area is 155 Å². The number of carboxylic acids is 1. The molecule has 2 N–H and O–H groups in total. The van der Waals surface area contributed by atoms with Gasteiger partial charge in [-0.15, -0.1) is 0 Å². The first-order chi connectivity index (χ1) is 12.9. The zero-order chi connectivity index (χ0) is 20.0. The molecule has 0 unspecified atom stereocenters. The van der Waals surface area contributed by atoms with Gasteiger partial charge in [-0.3, -0.25) is 4.79 Å². The molecule has 2 rings (SSSR count). The minimum absolute atomic E-state index is 0.0742. The highest BCUT2D eigenvalue weighted by Crippen LogP contribution is 2.38. The first kappa shape index (κ1) is 20.0. The third kappa shape index (κ3) is 4.87. The molecule has 7 nitrogen and oxygen atoms in total. The Morgan fingerprint density at radius 1 is 1.04 bits per heavy atom. The predicted molar refractivity (Wildman–Crippen MR) is 96.4 cm³/mol. The van der Waals surface area contributed by atoms with Crippen LogP contribution in [-0.4, -0.2) is 38.3 Å². The largest absolute Gasteiger partial charge is 0.493 e. The molecule has 0 spiro atoms. The topological polar surface area (TPSA) is 94.1 Å². The molecule has 2 aromatic rings. The van der Waals surface area contributed by atoms with Crippen LogP contribution in [0.25, 0.3) is 0 Å². The van der Waals surface area contributed by atoms with Gasteiger partial charge < -0.3 is 24.6 Å². The van der Waals surface area contributed by atoms with E-state index in [4.69, 9.17) is 19.3 Å². The highest BCUT2D eigenvalue weighted by atomic mass is 19.1. The Balaban J connectivity index is 2.06. The number of nitrogens with one attached hydrogen (secondary N) is 1. The maximum absolute atomic E-state index is 13.9. The van der Waals surface area contributed by atoms with Gasteiger partial charge in [0.15, 0.2) is 11.5 Å². The summed E-state index contributed by atoms with van der Waals surface area (Å²) in [5, 5.41) is 11.3. The summed E-state index contributed by atoms with van der Waals surface area (Å²) in [5.74, 6) is -1.06. The average Bonchev–Trinajstić information content (AvgIpc) is 2.66. The number of ether oxygens (including phenoxy) is 3. The van der Waals surface area contributed by atoms with Crippen LogP contribution < -0.4 is 19.5 Å². The van der Waals surface area contributed by atoms with Crippen molar-refractivity contribution in [3.8, 4) is 17.2 Å². The van der Waals surface area contributed by atoms with Crippen molar-refractivity contribution < 1.29 is 33.3 Å². The minimum atomic E-state index is -1.24. The summed E-state index contributed by atoms with van der Waals surface area (Å²) in [7, 11) is 4.49. The molecule has 0 saturated carbocycles. The number of anilines is 1. The number of rotatable bonds is 8. The zero-order valence-electron chi connectivity index (χ0n) is 15.2. The maximum Gasteiger partial charge on any atom is 0.335 e. The Morgan fingerprint density at radius 3 is 2.15 bits per heavy atom. The molecule has 0 atom stereocenters. The molecule has 0 aromatic heterocycles. The van der Waals surface area contributed by atoms with Crippen LogP contribution >= 0.6 is 0 Å². The highest BCUT2D eigenvalue weighted by molar-refractivity contribution is 5.92. The van der Waals surface area contributed by atoms with Gasteiger partial charge in [0, 0.05) is 6.42 Å². The lowest BCUT2D eigenvalue weighted by atomic mass is 10.1. The fourth-order valence-electron chi connectivity index (χ4n) is 2.50. The van der Waals surface area contributed by atoms with E-state index in [2.05, 4.69) is 5.32 Å². The minimum Gasteiger partial charge on any atom is -0.493 e. The standard InChI is InChI=1S/C19H20FNO6/c1-25-15-8-11(9-16(26-2)18(15)27-3)4-7-17(22)21-14-6-5-12(19(23)24)10-13(14)20/h5-6,8-10H,4,7H2,1-3H3,(H,21,22)(H,23,24). The van der Waals surface area contributed by atoms with Crippen LogP contribution in [0.15, 0.2) is 30.3 Å². The van der Waals surface area contributed by atoms with Crippen molar-refractivity contribution in [2.75, 3.05) is 26.6 Å². The molecule has 2 aromatic carbocycles. The van der Waals surface area contributed by atoms with E-state index in [1.54, 1.807) is 12.1 Å². The molecule has 8 heteroatoms. The van der Waals surface area contributed by atoms with Crippen molar-refractivity contribution in [2.45, 2.75) is 12.8 Å². The molecule has 144 valence electrons. The van der Waals surface area contributed by atoms with Crippen LogP contribution in [0.1, 0.15) is 22.3 Å². The predicted octanol–water partition coefficient (Wildman–Crippen LogP) is 3.12. The van der Waals surface area contributed by atoms with Crippen LogP contribution in [-0.2, 0) is 11.2 Å². The van der Waals surface area contributed by atoms with Gasteiger partial charge >= 0.3 is 5.97 Å². The van der Waals surface area contributed by atoms with Crippen molar-refractivity contribution >= 4 is 17.6 Å². The highest BCUT2D eigenvalue weighted by Gasteiger charge is 2.15. The molecule has 0 bridgehead atoms. The molecule has 0 saturated heterocycles. The third-order valence-electron chi connectivity index (χ3n) is 3.86. The normalized spacial score (nSPS) is 10.2. The fourth-order valence-corrected chi connectivity index (χ4v) is 2.50. The first-order valence-electron chi connectivity index (χ1n) is 8.01. The number of methoxy groups -OCH3 is 3. The van der Waals surface area contributed by atoms with Crippen molar-refractivity contribution in [2.24, 2.45) is 0 Å². The lowest BCUT2D eigenvalue weighted by Gasteiger charge is -2.14. The number of benzene rings is 2. The van der Waals surface area contributed by atoms with Gasteiger partial charge in [-0.05, 0) is 42.3 Å². The number of hydrogen-bond donors (Lipinski definition) is 2. The molecule has 0 radical (unpaired) electrons. The van der Waals surface area contributed by atoms with E-state index in [0.29, 0.717) is 23.7 Å². The summed E-state index contributed by atoms with van der Waals surface area (Å²) in [6, 6.07) is 6.77. The summed E-state index contributed by atoms with van der Waals surface area (Å²) in [6.45, 7) is 0. The summed E-state index contributed by atoms with van der Waals surface area (Å²) < 4.78 is 29.7. The van der Waals surface area contributed by atoms with Gasteiger partial charge in [-0.25, -0.2) is 9.18 Å². The monoisotopic (exact) mass is 377 g/mol. The second kappa shape index (κ2) is 8.88. The van der Waals surface area contributed by atoms with Crippen LogP contribution in [0.2, 0.25) is 0 Å². The molecule has 1 amide bonds. The van der Waals surface area contributed by atoms with Gasteiger partial charge in [0.25, 0.3) is 0 Å². The van der Waals surface area contributed by atoms with Crippen LogP contribution in [0.5, 0.6) is 17.2 Å². The number of carboxylic acid groups (broad SMARTS) is 1. The number of hydrogen-bond acceptors (Lipinski definition) is 5. The van der Waals surface area contributed by atoms with E-state index in [1.807, 2.05) is 0 Å². The second-order valence-corrected chi connectivity index (χ2v) is 5.58. The summed E-state index contributed by atoms with van der Waals surface area (Å²) in [4.78, 5) is 22.9. The molecule has 0 fully saturated rings. The summed E-state index contributed by atoms with van der Waals surface area (Å²) >= 11 is 0. The van der Waals surface area contributed by atoms with Crippen molar-refractivity contribution in [3.63, 3.8) is 0 Å². The smallest absolute Gasteiger partial charge is 0.335 e. The number of carbonyl (C=O) groups excluding carboxylic acids is 1. The maximum atomic E-state index is 13.9. The van der Waals surface area contributed by atoms with E-state index in [9.17, 15) is 14.0 Å². The number of aryl methyl sites for hydroxylation is 1. The zero-order valence-corrected chi connectivity index (χ0v) is 15.2. The summed E-state index contributed by atoms with van der Waals surface area (Å²) in [6.07, 6.45) is 0.441.